The maximum absolute atomic E-state index is 5.33. The molecule has 21 heavy (non-hydrogen) atoms. The van der Waals surface area contributed by atoms with E-state index in [4.69, 9.17) is 4.74 Å². The molecular weight excluding hydrogens is 377 g/mol. The van der Waals surface area contributed by atoms with Crippen LogP contribution < -0.4 is 10.1 Å². The van der Waals surface area contributed by atoms with Gasteiger partial charge in [-0.15, -0.1) is 24.0 Å². The average molecular weight is 401 g/mol. The van der Waals surface area contributed by atoms with Gasteiger partial charge in [0.1, 0.15) is 5.75 Å². The fourth-order valence-corrected chi connectivity index (χ4v) is 3.17. The van der Waals surface area contributed by atoms with E-state index in [-0.39, 0.29) is 24.0 Å². The summed E-state index contributed by atoms with van der Waals surface area (Å²) in [7, 11) is 3.83. The van der Waals surface area contributed by atoms with Crippen molar-refractivity contribution in [2.75, 3.05) is 33.8 Å². The summed E-state index contributed by atoms with van der Waals surface area (Å²) in [6.07, 6.45) is 3.68. The molecule has 1 atom stereocenters. The number of benzene rings is 1. The number of likely N-dealkylation sites (N-methyl/N-ethyl adjacent to an activating group) is 1. The first-order valence-corrected chi connectivity index (χ1v) is 7.44. The number of ether oxygens (including phenoxy) is 1. The lowest BCUT2D eigenvalue weighted by molar-refractivity contribution is 0.412. The van der Waals surface area contributed by atoms with Crippen LogP contribution in [-0.4, -0.2) is 44.7 Å². The molecule has 1 aromatic carbocycles. The van der Waals surface area contributed by atoms with Crippen molar-refractivity contribution in [3.05, 3.63) is 29.3 Å². The van der Waals surface area contributed by atoms with Crippen molar-refractivity contribution >= 4 is 29.9 Å². The Kier molecular flexibility index (Phi) is 5.72. The van der Waals surface area contributed by atoms with E-state index in [1.807, 2.05) is 0 Å². The van der Waals surface area contributed by atoms with E-state index >= 15 is 0 Å². The molecule has 1 N–H and O–H groups in total. The summed E-state index contributed by atoms with van der Waals surface area (Å²) >= 11 is 0. The van der Waals surface area contributed by atoms with E-state index in [9.17, 15) is 0 Å². The van der Waals surface area contributed by atoms with Gasteiger partial charge >= 0.3 is 0 Å². The Labute approximate surface area is 144 Å². The number of aliphatic imine (C=N–C) groups is 1. The number of nitrogens with one attached hydrogen (secondary N) is 1. The van der Waals surface area contributed by atoms with Crippen LogP contribution in [-0.2, 0) is 6.42 Å². The van der Waals surface area contributed by atoms with Crippen molar-refractivity contribution in [2.24, 2.45) is 4.99 Å². The van der Waals surface area contributed by atoms with Crippen molar-refractivity contribution in [1.82, 2.24) is 10.2 Å². The van der Waals surface area contributed by atoms with Gasteiger partial charge in [-0.05, 0) is 42.5 Å². The Morgan fingerprint density at radius 3 is 3.00 bits per heavy atom. The molecular formula is C16H24IN3O. The summed E-state index contributed by atoms with van der Waals surface area (Å²) in [4.78, 5) is 6.69. The molecule has 0 aromatic heterocycles. The predicted octanol–water partition coefficient (Wildman–Crippen LogP) is 2.62. The smallest absolute Gasteiger partial charge is 0.193 e. The molecule has 1 aromatic rings. The number of hydrogen-bond donors (Lipinski definition) is 1. The van der Waals surface area contributed by atoms with Crippen LogP contribution in [0.15, 0.2) is 23.2 Å². The molecule has 116 valence electrons. The Hall–Kier alpha value is -0.980. The Morgan fingerprint density at radius 1 is 1.43 bits per heavy atom. The number of methoxy groups -OCH3 is 1. The van der Waals surface area contributed by atoms with Crippen molar-refractivity contribution in [1.29, 1.82) is 0 Å². The first-order chi connectivity index (χ1) is 9.78. The van der Waals surface area contributed by atoms with Crippen LogP contribution in [0.4, 0.5) is 0 Å². The zero-order valence-electron chi connectivity index (χ0n) is 12.8. The monoisotopic (exact) mass is 401 g/mol. The third-order valence-electron chi connectivity index (χ3n) is 4.35. The fraction of sp³-hybridized carbons (Fsp3) is 0.562. The zero-order valence-corrected chi connectivity index (χ0v) is 15.1. The van der Waals surface area contributed by atoms with E-state index in [1.54, 1.807) is 7.11 Å². The maximum Gasteiger partial charge on any atom is 0.193 e. The van der Waals surface area contributed by atoms with Gasteiger partial charge in [0.15, 0.2) is 5.96 Å². The second-order valence-corrected chi connectivity index (χ2v) is 5.66. The third-order valence-corrected chi connectivity index (χ3v) is 4.35. The van der Waals surface area contributed by atoms with Gasteiger partial charge in [0, 0.05) is 26.1 Å². The van der Waals surface area contributed by atoms with Crippen molar-refractivity contribution < 1.29 is 4.74 Å². The average Bonchev–Trinajstić information content (AvgIpc) is 2.89. The third kappa shape index (κ3) is 3.62. The number of aryl methyl sites for hydroxylation is 1. The van der Waals surface area contributed by atoms with E-state index in [1.165, 1.54) is 30.4 Å². The van der Waals surface area contributed by atoms with Gasteiger partial charge in [0.05, 0.1) is 13.7 Å². The van der Waals surface area contributed by atoms with E-state index in [0.717, 1.165) is 31.3 Å². The summed E-state index contributed by atoms with van der Waals surface area (Å²) in [6, 6.07) is 6.51. The van der Waals surface area contributed by atoms with Crippen LogP contribution in [0.25, 0.3) is 0 Å². The summed E-state index contributed by atoms with van der Waals surface area (Å²) in [6.45, 7) is 2.92. The SMILES string of the molecule is COc1ccc2c(c1)CCCC2CNC1=NCCN1C.I. The number of fused-ring (bicyclic) bond motifs is 1. The van der Waals surface area contributed by atoms with Gasteiger partial charge in [0.25, 0.3) is 0 Å². The van der Waals surface area contributed by atoms with Crippen LogP contribution in [0.1, 0.15) is 29.9 Å². The minimum atomic E-state index is 0. The number of halogens is 1. The van der Waals surface area contributed by atoms with Gasteiger partial charge in [-0.25, -0.2) is 0 Å². The van der Waals surface area contributed by atoms with Gasteiger partial charge < -0.3 is 15.0 Å². The molecule has 0 spiro atoms. The topological polar surface area (TPSA) is 36.9 Å². The van der Waals surface area contributed by atoms with E-state index < -0.39 is 0 Å². The van der Waals surface area contributed by atoms with Crippen LogP contribution >= 0.6 is 24.0 Å². The molecule has 1 unspecified atom stereocenters. The molecule has 4 nitrogen and oxygen atoms in total. The first kappa shape index (κ1) is 16.4. The largest absolute Gasteiger partial charge is 0.497 e. The molecule has 5 heteroatoms. The first-order valence-electron chi connectivity index (χ1n) is 7.44. The van der Waals surface area contributed by atoms with Gasteiger partial charge in [0.2, 0.25) is 0 Å². The molecule has 1 aliphatic heterocycles. The maximum atomic E-state index is 5.33. The lowest BCUT2D eigenvalue weighted by Gasteiger charge is -2.27. The van der Waals surface area contributed by atoms with Crippen LogP contribution in [0.5, 0.6) is 5.75 Å². The van der Waals surface area contributed by atoms with Crippen molar-refractivity contribution in [2.45, 2.75) is 25.2 Å². The molecule has 1 heterocycles. The summed E-state index contributed by atoms with van der Waals surface area (Å²) in [5.41, 5.74) is 2.93. The molecule has 1 aliphatic carbocycles. The molecule has 0 radical (unpaired) electrons. The second-order valence-electron chi connectivity index (χ2n) is 5.66. The van der Waals surface area contributed by atoms with Gasteiger partial charge in [-0.3, -0.25) is 4.99 Å². The van der Waals surface area contributed by atoms with Gasteiger partial charge in [-0.2, -0.15) is 0 Å². The van der Waals surface area contributed by atoms with E-state index in [2.05, 4.69) is 40.5 Å². The summed E-state index contributed by atoms with van der Waals surface area (Å²) in [5.74, 6) is 2.60. The fourth-order valence-electron chi connectivity index (χ4n) is 3.17. The standard InChI is InChI=1S/C16H23N3O.HI/c1-19-9-8-17-16(19)18-11-13-5-3-4-12-10-14(20-2)6-7-15(12)13;/h6-7,10,13H,3-5,8-9,11H2,1-2H3,(H,17,18);1H. The highest BCUT2D eigenvalue weighted by molar-refractivity contribution is 14.0. The Balaban J connectivity index is 0.00000161. The summed E-state index contributed by atoms with van der Waals surface area (Å²) < 4.78 is 5.33. The number of nitrogens with zero attached hydrogens (tertiary/aromatic N) is 2. The highest BCUT2D eigenvalue weighted by Crippen LogP contribution is 2.33. The molecule has 0 bridgehead atoms. The normalized spacial score (nSPS) is 20.4. The summed E-state index contributed by atoms with van der Waals surface area (Å²) in [5, 5.41) is 3.52. The van der Waals surface area contributed by atoms with Crippen LogP contribution in [0, 0.1) is 0 Å². The number of guanidine groups is 1. The Morgan fingerprint density at radius 2 is 2.29 bits per heavy atom. The highest BCUT2D eigenvalue weighted by atomic mass is 127. The lowest BCUT2D eigenvalue weighted by atomic mass is 9.82. The molecule has 0 fully saturated rings. The molecule has 0 amide bonds. The van der Waals surface area contributed by atoms with E-state index in [0.29, 0.717) is 5.92 Å². The zero-order chi connectivity index (χ0) is 13.9. The van der Waals surface area contributed by atoms with Crippen molar-refractivity contribution in [3.63, 3.8) is 0 Å². The number of hydrogen-bond acceptors (Lipinski definition) is 4. The van der Waals surface area contributed by atoms with Crippen molar-refractivity contribution in [3.8, 4) is 5.75 Å². The molecule has 3 rings (SSSR count). The molecule has 0 saturated heterocycles. The van der Waals surface area contributed by atoms with Crippen LogP contribution in [0.3, 0.4) is 0 Å². The highest BCUT2D eigenvalue weighted by Gasteiger charge is 2.22. The predicted molar refractivity (Wildman–Crippen MR) is 97.0 cm³/mol. The minimum absolute atomic E-state index is 0. The Bertz CT molecular complexity index is 518. The molecule has 2 aliphatic rings. The minimum Gasteiger partial charge on any atom is -0.497 e. The molecule has 0 saturated carbocycles. The second kappa shape index (κ2) is 7.33. The lowest BCUT2D eigenvalue weighted by Crippen LogP contribution is -2.38. The number of rotatable bonds is 3. The van der Waals surface area contributed by atoms with Crippen LogP contribution in [0.2, 0.25) is 0 Å². The quantitative estimate of drug-likeness (QED) is 0.792. The van der Waals surface area contributed by atoms with Gasteiger partial charge in [-0.1, -0.05) is 6.07 Å².